The van der Waals surface area contributed by atoms with Crippen LogP contribution in [-0.4, -0.2) is 31.6 Å². The number of benzene rings is 1. The first kappa shape index (κ1) is 12.1. The molecule has 0 radical (unpaired) electrons. The first-order valence-electron chi connectivity index (χ1n) is 4.96. The quantitative estimate of drug-likeness (QED) is 0.833. The monoisotopic (exact) mass is 260 g/mol. The van der Waals surface area contributed by atoms with Crippen LogP contribution in [0, 0.1) is 11.3 Å². The zero-order valence-electron chi connectivity index (χ0n) is 9.15. The molecule has 0 fully saturated rings. The zero-order chi connectivity index (χ0) is 13.0. The van der Waals surface area contributed by atoms with Crippen LogP contribution in [0.2, 0.25) is 0 Å². The minimum Gasteiger partial charge on any atom is -0.481 e. The number of carboxylic acids is 1. The highest BCUT2D eigenvalue weighted by atomic mass is 32.2. The third kappa shape index (κ3) is 2.67. The van der Waals surface area contributed by atoms with Crippen molar-refractivity contribution in [2.24, 2.45) is 0 Å². The molecule has 0 aliphatic carbocycles. The number of carboxylic acid groups (broad SMARTS) is 1. The number of hydrogen-bond donors (Lipinski definition) is 1. The summed E-state index contributed by atoms with van der Waals surface area (Å²) in [5, 5.41) is 25.5. The van der Waals surface area contributed by atoms with Crippen molar-refractivity contribution in [1.29, 1.82) is 5.26 Å². The van der Waals surface area contributed by atoms with Crippen molar-refractivity contribution in [2.45, 2.75) is 5.16 Å². The summed E-state index contributed by atoms with van der Waals surface area (Å²) >= 11 is 1.08. The van der Waals surface area contributed by atoms with E-state index < -0.39 is 5.97 Å². The molecule has 1 N–H and O–H groups in total. The molecule has 18 heavy (non-hydrogen) atoms. The number of nitriles is 1. The number of aliphatic carboxylic acids is 1. The summed E-state index contributed by atoms with van der Waals surface area (Å²) in [6.07, 6.45) is 1.49. The third-order valence-corrected chi connectivity index (χ3v) is 3.02. The average molecular weight is 260 g/mol. The molecule has 0 atom stereocenters. The lowest BCUT2D eigenvalue weighted by atomic mass is 10.2. The van der Waals surface area contributed by atoms with Crippen molar-refractivity contribution >= 4 is 17.7 Å². The van der Waals surface area contributed by atoms with Crippen molar-refractivity contribution < 1.29 is 9.90 Å². The van der Waals surface area contributed by atoms with Gasteiger partial charge in [-0.05, 0) is 18.2 Å². The van der Waals surface area contributed by atoms with Crippen molar-refractivity contribution in [2.75, 3.05) is 5.75 Å². The fraction of sp³-hybridized carbons (Fsp3) is 0.0909. The molecule has 2 rings (SSSR count). The molecule has 0 amide bonds. The first-order valence-corrected chi connectivity index (χ1v) is 5.94. The second-order valence-electron chi connectivity index (χ2n) is 3.33. The van der Waals surface area contributed by atoms with Gasteiger partial charge in [0.15, 0.2) is 5.16 Å². The van der Waals surface area contributed by atoms with Gasteiger partial charge in [0.05, 0.1) is 23.1 Å². The van der Waals surface area contributed by atoms with Crippen LogP contribution in [0.1, 0.15) is 5.56 Å². The molecule has 0 saturated heterocycles. The predicted octanol–water partition coefficient (Wildman–Crippen LogP) is 1.32. The Balaban J connectivity index is 2.30. The number of rotatable bonds is 4. The van der Waals surface area contributed by atoms with Crippen LogP contribution in [0.4, 0.5) is 0 Å². The van der Waals surface area contributed by atoms with E-state index in [2.05, 4.69) is 10.2 Å². The van der Waals surface area contributed by atoms with E-state index >= 15 is 0 Å². The van der Waals surface area contributed by atoms with Crippen LogP contribution in [0.3, 0.4) is 0 Å². The molecule has 0 spiro atoms. The molecule has 90 valence electrons. The Kier molecular flexibility index (Phi) is 3.60. The molecular weight excluding hydrogens is 252 g/mol. The second-order valence-corrected chi connectivity index (χ2v) is 4.27. The fourth-order valence-corrected chi connectivity index (χ4v) is 2.00. The standard InChI is InChI=1S/C11H8N4O2S/c12-5-8-2-1-3-9(4-8)15-7-13-14-11(15)18-6-10(16)17/h1-4,7H,6H2,(H,16,17). The predicted molar refractivity (Wildman–Crippen MR) is 64.4 cm³/mol. The SMILES string of the molecule is N#Cc1cccc(-n2cnnc2SCC(=O)O)c1. The molecule has 0 bridgehead atoms. The lowest BCUT2D eigenvalue weighted by Gasteiger charge is -2.05. The molecule has 0 aliphatic heterocycles. The Bertz CT molecular complexity index is 618. The van der Waals surface area contributed by atoms with E-state index in [0.29, 0.717) is 10.7 Å². The Morgan fingerprint density at radius 3 is 3.11 bits per heavy atom. The maximum absolute atomic E-state index is 10.5. The van der Waals surface area contributed by atoms with Crippen molar-refractivity contribution in [3.8, 4) is 11.8 Å². The van der Waals surface area contributed by atoms with Gasteiger partial charge in [-0.2, -0.15) is 5.26 Å². The van der Waals surface area contributed by atoms with E-state index in [-0.39, 0.29) is 5.75 Å². The topological polar surface area (TPSA) is 91.8 Å². The van der Waals surface area contributed by atoms with Crippen LogP contribution in [0.15, 0.2) is 35.7 Å². The number of hydrogen-bond acceptors (Lipinski definition) is 5. The number of aromatic nitrogens is 3. The number of nitrogens with zero attached hydrogens (tertiary/aromatic N) is 4. The van der Waals surface area contributed by atoms with E-state index in [1.807, 2.05) is 6.07 Å². The van der Waals surface area contributed by atoms with Gasteiger partial charge in [0, 0.05) is 0 Å². The van der Waals surface area contributed by atoms with Crippen LogP contribution in [0.25, 0.3) is 5.69 Å². The summed E-state index contributed by atoms with van der Waals surface area (Å²) in [7, 11) is 0. The highest BCUT2D eigenvalue weighted by Gasteiger charge is 2.09. The number of carbonyl (C=O) groups is 1. The van der Waals surface area contributed by atoms with E-state index in [1.165, 1.54) is 6.33 Å². The Hall–Kier alpha value is -2.33. The summed E-state index contributed by atoms with van der Waals surface area (Å²) in [5.41, 5.74) is 1.25. The van der Waals surface area contributed by atoms with Gasteiger partial charge in [-0.15, -0.1) is 10.2 Å². The first-order chi connectivity index (χ1) is 8.70. The Labute approximate surface area is 107 Å². The molecule has 1 aromatic heterocycles. The molecule has 0 saturated carbocycles. The molecule has 1 heterocycles. The van der Waals surface area contributed by atoms with Crippen LogP contribution < -0.4 is 0 Å². The van der Waals surface area contributed by atoms with Crippen LogP contribution >= 0.6 is 11.8 Å². The van der Waals surface area contributed by atoms with Crippen molar-refractivity contribution in [3.63, 3.8) is 0 Å². The fourth-order valence-electron chi connectivity index (χ4n) is 1.35. The van der Waals surface area contributed by atoms with E-state index in [1.54, 1.807) is 28.8 Å². The van der Waals surface area contributed by atoms with Gasteiger partial charge in [-0.1, -0.05) is 17.8 Å². The maximum atomic E-state index is 10.5. The normalized spacial score (nSPS) is 9.94. The minimum atomic E-state index is -0.916. The van der Waals surface area contributed by atoms with Gasteiger partial charge in [-0.3, -0.25) is 9.36 Å². The zero-order valence-corrected chi connectivity index (χ0v) is 9.96. The van der Waals surface area contributed by atoms with Gasteiger partial charge in [0.25, 0.3) is 0 Å². The lowest BCUT2D eigenvalue weighted by Crippen LogP contribution is -2.01. The minimum absolute atomic E-state index is 0.0867. The van der Waals surface area contributed by atoms with E-state index in [0.717, 1.165) is 17.4 Å². The van der Waals surface area contributed by atoms with E-state index in [9.17, 15) is 4.79 Å². The maximum Gasteiger partial charge on any atom is 0.313 e. The smallest absolute Gasteiger partial charge is 0.313 e. The number of thioether (sulfide) groups is 1. The molecule has 6 nitrogen and oxygen atoms in total. The molecule has 0 unspecified atom stereocenters. The van der Waals surface area contributed by atoms with Gasteiger partial charge in [0.2, 0.25) is 0 Å². The summed E-state index contributed by atoms with van der Waals surface area (Å²) < 4.78 is 1.65. The summed E-state index contributed by atoms with van der Waals surface area (Å²) in [6.45, 7) is 0. The Morgan fingerprint density at radius 1 is 1.56 bits per heavy atom. The van der Waals surface area contributed by atoms with Crippen molar-refractivity contribution in [1.82, 2.24) is 14.8 Å². The molecule has 7 heteroatoms. The highest BCUT2D eigenvalue weighted by molar-refractivity contribution is 7.99. The van der Waals surface area contributed by atoms with Gasteiger partial charge in [0.1, 0.15) is 6.33 Å². The summed E-state index contributed by atoms with van der Waals surface area (Å²) in [4.78, 5) is 10.5. The third-order valence-electron chi connectivity index (χ3n) is 2.09. The molecule has 1 aromatic carbocycles. The van der Waals surface area contributed by atoms with E-state index in [4.69, 9.17) is 10.4 Å². The molecule has 2 aromatic rings. The second kappa shape index (κ2) is 5.33. The van der Waals surface area contributed by atoms with Gasteiger partial charge in [-0.25, -0.2) is 0 Å². The van der Waals surface area contributed by atoms with Crippen molar-refractivity contribution in [3.05, 3.63) is 36.2 Å². The summed E-state index contributed by atoms with van der Waals surface area (Å²) in [5.74, 6) is -1.00. The van der Waals surface area contributed by atoms with Crippen LogP contribution in [-0.2, 0) is 4.79 Å². The highest BCUT2D eigenvalue weighted by Crippen LogP contribution is 2.19. The lowest BCUT2D eigenvalue weighted by molar-refractivity contribution is -0.133. The van der Waals surface area contributed by atoms with Gasteiger partial charge >= 0.3 is 5.97 Å². The average Bonchev–Trinajstić information content (AvgIpc) is 2.84. The summed E-state index contributed by atoms with van der Waals surface area (Å²) in [6, 6.07) is 8.98. The van der Waals surface area contributed by atoms with Crippen LogP contribution in [0.5, 0.6) is 0 Å². The molecular formula is C11H8N4O2S. The largest absolute Gasteiger partial charge is 0.481 e. The van der Waals surface area contributed by atoms with Gasteiger partial charge < -0.3 is 5.11 Å². The Morgan fingerprint density at radius 2 is 2.39 bits per heavy atom. The molecule has 0 aliphatic rings.